The van der Waals surface area contributed by atoms with Crippen molar-refractivity contribution in [2.45, 2.75) is 6.61 Å². The van der Waals surface area contributed by atoms with Crippen LogP contribution in [0.2, 0.25) is 0 Å². The van der Waals surface area contributed by atoms with E-state index in [0.29, 0.717) is 17.9 Å². The Balaban J connectivity index is 1.71. The minimum absolute atomic E-state index is 0.151. The van der Waals surface area contributed by atoms with Crippen LogP contribution in [0.5, 0.6) is 11.5 Å². The van der Waals surface area contributed by atoms with Crippen LogP contribution in [-0.4, -0.2) is 5.11 Å². The van der Waals surface area contributed by atoms with E-state index in [9.17, 15) is 9.90 Å². The van der Waals surface area contributed by atoms with Gasteiger partial charge >= 0.3 is 0 Å². The second-order valence-electron chi connectivity index (χ2n) is 5.93. The molecule has 0 bridgehead atoms. The Kier molecular flexibility index (Phi) is 4.15. The van der Waals surface area contributed by atoms with E-state index in [-0.39, 0.29) is 22.1 Å². The molecular weight excluding hydrogens is 328 g/mol. The Morgan fingerprint density at radius 2 is 1.62 bits per heavy atom. The van der Waals surface area contributed by atoms with Gasteiger partial charge < -0.3 is 14.3 Å². The maximum absolute atomic E-state index is 12.8. The third kappa shape index (κ3) is 3.05. The molecule has 0 aliphatic heterocycles. The summed E-state index contributed by atoms with van der Waals surface area (Å²) in [5.74, 6) is 0.284. The molecule has 1 N–H and O–H groups in total. The summed E-state index contributed by atoms with van der Waals surface area (Å²) in [6.45, 7) is 0.359. The van der Waals surface area contributed by atoms with E-state index in [0.717, 1.165) is 11.1 Å². The monoisotopic (exact) mass is 344 g/mol. The standard InChI is InChI=1S/C22H16O4/c23-19-11-17(25-13-15-7-3-1-4-8-15)12-20-21(19)22(24)18(14-26-20)16-9-5-2-6-10-16/h1-12,14,23H,13H2. The molecule has 0 aliphatic rings. The van der Waals surface area contributed by atoms with Crippen LogP contribution >= 0.6 is 0 Å². The number of benzene rings is 3. The normalized spacial score (nSPS) is 10.8. The molecule has 0 spiro atoms. The van der Waals surface area contributed by atoms with Gasteiger partial charge in [0.05, 0.1) is 5.56 Å². The highest BCUT2D eigenvalue weighted by molar-refractivity contribution is 5.88. The number of ether oxygens (including phenoxy) is 1. The molecule has 128 valence electrons. The number of hydrogen-bond acceptors (Lipinski definition) is 4. The fraction of sp³-hybridized carbons (Fsp3) is 0.0455. The number of rotatable bonds is 4. The Morgan fingerprint density at radius 1 is 0.923 bits per heavy atom. The highest BCUT2D eigenvalue weighted by atomic mass is 16.5. The number of hydrogen-bond donors (Lipinski definition) is 1. The molecule has 0 aliphatic carbocycles. The van der Waals surface area contributed by atoms with E-state index < -0.39 is 0 Å². The third-order valence-corrected chi connectivity index (χ3v) is 4.16. The van der Waals surface area contributed by atoms with Crippen molar-refractivity contribution >= 4 is 11.0 Å². The first-order valence-electron chi connectivity index (χ1n) is 8.23. The van der Waals surface area contributed by atoms with Crippen LogP contribution in [0.25, 0.3) is 22.1 Å². The molecule has 1 heterocycles. The minimum Gasteiger partial charge on any atom is -0.507 e. The van der Waals surface area contributed by atoms with Crippen molar-refractivity contribution in [3.8, 4) is 22.6 Å². The number of phenolic OH excluding ortho intramolecular Hbond substituents is 1. The average Bonchev–Trinajstić information content (AvgIpc) is 2.68. The Morgan fingerprint density at radius 3 is 2.35 bits per heavy atom. The van der Waals surface area contributed by atoms with Gasteiger partial charge in [0, 0.05) is 12.1 Å². The highest BCUT2D eigenvalue weighted by Crippen LogP contribution is 2.30. The predicted molar refractivity (Wildman–Crippen MR) is 100 cm³/mol. The summed E-state index contributed by atoms with van der Waals surface area (Å²) in [5.41, 5.74) is 2.17. The lowest BCUT2D eigenvalue weighted by atomic mass is 10.1. The van der Waals surface area contributed by atoms with E-state index in [4.69, 9.17) is 9.15 Å². The van der Waals surface area contributed by atoms with Crippen LogP contribution in [0.4, 0.5) is 0 Å². The topological polar surface area (TPSA) is 59.7 Å². The number of fused-ring (bicyclic) bond motifs is 1. The maximum Gasteiger partial charge on any atom is 0.204 e. The molecule has 4 aromatic rings. The summed E-state index contributed by atoms with van der Waals surface area (Å²) in [7, 11) is 0. The SMILES string of the molecule is O=c1c(-c2ccccc2)coc2cc(OCc3ccccc3)cc(O)c12. The lowest BCUT2D eigenvalue weighted by Gasteiger charge is -2.09. The van der Waals surface area contributed by atoms with Crippen molar-refractivity contribution in [2.75, 3.05) is 0 Å². The summed E-state index contributed by atoms with van der Waals surface area (Å²) >= 11 is 0. The van der Waals surface area contributed by atoms with E-state index in [1.165, 1.54) is 12.3 Å². The average molecular weight is 344 g/mol. The Hall–Kier alpha value is -3.53. The molecule has 1 aromatic heterocycles. The molecule has 0 amide bonds. The molecule has 4 rings (SSSR count). The fourth-order valence-electron chi connectivity index (χ4n) is 2.85. The molecule has 4 heteroatoms. The summed E-state index contributed by atoms with van der Waals surface area (Å²) in [6.07, 6.45) is 1.42. The molecule has 26 heavy (non-hydrogen) atoms. The van der Waals surface area contributed by atoms with Crippen LogP contribution in [0.3, 0.4) is 0 Å². The first-order chi connectivity index (χ1) is 12.7. The molecule has 0 fully saturated rings. The van der Waals surface area contributed by atoms with Gasteiger partial charge in [0.25, 0.3) is 0 Å². The number of aromatic hydroxyl groups is 1. The molecule has 0 saturated heterocycles. The van der Waals surface area contributed by atoms with Gasteiger partial charge in [-0.2, -0.15) is 0 Å². The first-order valence-corrected chi connectivity index (χ1v) is 8.23. The largest absolute Gasteiger partial charge is 0.507 e. The molecule has 0 atom stereocenters. The molecular formula is C22H16O4. The molecule has 0 saturated carbocycles. The summed E-state index contributed by atoms with van der Waals surface area (Å²) in [6, 6.07) is 22.0. The summed E-state index contributed by atoms with van der Waals surface area (Å²) in [5, 5.41) is 10.5. The lowest BCUT2D eigenvalue weighted by Crippen LogP contribution is -2.05. The number of phenols is 1. The second kappa shape index (κ2) is 6.76. The fourth-order valence-corrected chi connectivity index (χ4v) is 2.85. The van der Waals surface area contributed by atoms with Gasteiger partial charge in [-0.05, 0) is 11.1 Å². The second-order valence-corrected chi connectivity index (χ2v) is 5.93. The molecule has 0 unspecified atom stereocenters. The van der Waals surface area contributed by atoms with Crippen LogP contribution in [0, 0.1) is 0 Å². The maximum atomic E-state index is 12.8. The van der Waals surface area contributed by atoms with Crippen LogP contribution < -0.4 is 10.2 Å². The van der Waals surface area contributed by atoms with Crippen LogP contribution in [-0.2, 0) is 6.61 Å². The smallest absolute Gasteiger partial charge is 0.204 e. The van der Waals surface area contributed by atoms with Gasteiger partial charge in [0.1, 0.15) is 35.3 Å². The van der Waals surface area contributed by atoms with Gasteiger partial charge in [0.15, 0.2) is 0 Å². The third-order valence-electron chi connectivity index (χ3n) is 4.16. The highest BCUT2D eigenvalue weighted by Gasteiger charge is 2.14. The van der Waals surface area contributed by atoms with Crippen LogP contribution in [0.1, 0.15) is 5.56 Å². The van der Waals surface area contributed by atoms with Crippen LogP contribution in [0.15, 0.2) is 88.3 Å². The van der Waals surface area contributed by atoms with Crippen molar-refractivity contribution in [1.82, 2.24) is 0 Å². The van der Waals surface area contributed by atoms with Crippen molar-refractivity contribution in [2.24, 2.45) is 0 Å². The van der Waals surface area contributed by atoms with Crippen molar-refractivity contribution in [3.05, 3.63) is 94.8 Å². The van der Waals surface area contributed by atoms with E-state index in [1.54, 1.807) is 6.07 Å². The van der Waals surface area contributed by atoms with E-state index in [1.807, 2.05) is 60.7 Å². The van der Waals surface area contributed by atoms with Gasteiger partial charge in [-0.1, -0.05) is 60.7 Å². The van der Waals surface area contributed by atoms with E-state index in [2.05, 4.69) is 0 Å². The summed E-state index contributed by atoms with van der Waals surface area (Å²) < 4.78 is 11.3. The zero-order valence-electron chi connectivity index (χ0n) is 13.9. The van der Waals surface area contributed by atoms with Crippen molar-refractivity contribution in [1.29, 1.82) is 0 Å². The molecule has 3 aromatic carbocycles. The zero-order chi connectivity index (χ0) is 17.9. The zero-order valence-corrected chi connectivity index (χ0v) is 13.9. The van der Waals surface area contributed by atoms with Crippen molar-refractivity contribution in [3.63, 3.8) is 0 Å². The van der Waals surface area contributed by atoms with Gasteiger partial charge in [0.2, 0.25) is 5.43 Å². The van der Waals surface area contributed by atoms with Gasteiger partial charge in [-0.3, -0.25) is 4.79 Å². The Bertz CT molecular complexity index is 1100. The van der Waals surface area contributed by atoms with Crippen molar-refractivity contribution < 1.29 is 14.3 Å². The molecule has 0 radical (unpaired) electrons. The lowest BCUT2D eigenvalue weighted by molar-refractivity contribution is 0.304. The Labute approximate surface area is 149 Å². The van der Waals surface area contributed by atoms with E-state index >= 15 is 0 Å². The minimum atomic E-state index is -0.274. The molecule has 4 nitrogen and oxygen atoms in total. The van der Waals surface area contributed by atoms with Gasteiger partial charge in [-0.15, -0.1) is 0 Å². The van der Waals surface area contributed by atoms with Gasteiger partial charge in [-0.25, -0.2) is 0 Å². The summed E-state index contributed by atoms with van der Waals surface area (Å²) in [4.78, 5) is 12.8. The first kappa shape index (κ1) is 16.0. The predicted octanol–water partition coefficient (Wildman–Crippen LogP) is 4.74. The quantitative estimate of drug-likeness (QED) is 0.581.